The van der Waals surface area contributed by atoms with Crippen LogP contribution < -0.4 is 10.9 Å². The molecule has 2 aromatic carbocycles. The largest absolute Gasteiger partial charge is 0.325 e. The summed E-state index contributed by atoms with van der Waals surface area (Å²) in [5.41, 5.74) is 4.64. The smallest absolute Gasteiger partial charge is 0.287 e. The Labute approximate surface area is 168 Å². The molecule has 3 rings (SSSR count). The molecule has 1 heterocycles. The molecule has 144 valence electrons. The third-order valence-corrected chi connectivity index (χ3v) is 5.27. The fourth-order valence-electron chi connectivity index (χ4n) is 3.06. The lowest BCUT2D eigenvalue weighted by atomic mass is 10.1. The number of hydrogen-bond acceptors (Lipinski definition) is 4. The molecule has 3 aromatic rings. The van der Waals surface area contributed by atoms with Gasteiger partial charge in [0.05, 0.1) is 5.75 Å². The van der Waals surface area contributed by atoms with E-state index in [1.54, 1.807) is 17.0 Å². The van der Waals surface area contributed by atoms with E-state index in [2.05, 4.69) is 16.4 Å². The van der Waals surface area contributed by atoms with Crippen molar-refractivity contribution >= 4 is 23.4 Å². The molecule has 1 N–H and O–H groups in total. The summed E-state index contributed by atoms with van der Waals surface area (Å²) in [6.45, 7) is 6.04. The second kappa shape index (κ2) is 8.89. The van der Waals surface area contributed by atoms with E-state index in [1.165, 1.54) is 0 Å². The number of hydrogen-bond donors (Lipinski definition) is 1. The van der Waals surface area contributed by atoms with Gasteiger partial charge in [-0.1, -0.05) is 43.0 Å². The molecule has 1 aromatic heterocycles. The Kier molecular flexibility index (Phi) is 6.31. The van der Waals surface area contributed by atoms with Gasteiger partial charge in [0.15, 0.2) is 5.03 Å². The Morgan fingerprint density at radius 3 is 2.57 bits per heavy atom. The molecular weight excluding hydrogens is 370 g/mol. The summed E-state index contributed by atoms with van der Waals surface area (Å²) in [6.07, 6.45) is 4.08. The van der Waals surface area contributed by atoms with Gasteiger partial charge in [-0.25, -0.2) is 4.98 Å². The highest BCUT2D eigenvalue weighted by molar-refractivity contribution is 7.99. The lowest BCUT2D eigenvalue weighted by molar-refractivity contribution is -0.113. The highest BCUT2D eigenvalue weighted by Gasteiger charge is 2.11. The summed E-state index contributed by atoms with van der Waals surface area (Å²) in [7, 11) is 0. The minimum atomic E-state index is -0.223. The van der Waals surface area contributed by atoms with Crippen LogP contribution in [0.15, 0.2) is 64.7 Å². The van der Waals surface area contributed by atoms with E-state index in [1.807, 2.05) is 57.2 Å². The Bertz CT molecular complexity index is 1040. The molecule has 0 atom stereocenters. The number of nitrogens with zero attached hydrogens (tertiary/aromatic N) is 2. The molecule has 0 saturated heterocycles. The van der Waals surface area contributed by atoms with Crippen LogP contribution in [0.4, 0.5) is 5.69 Å². The number of anilines is 1. The molecule has 0 saturated carbocycles. The van der Waals surface area contributed by atoms with Crippen molar-refractivity contribution < 1.29 is 4.79 Å². The van der Waals surface area contributed by atoms with Gasteiger partial charge in [-0.3, -0.25) is 14.2 Å². The molecule has 0 aliphatic carbocycles. The summed E-state index contributed by atoms with van der Waals surface area (Å²) < 4.78 is 1.57. The molecule has 0 fully saturated rings. The second-order valence-electron chi connectivity index (χ2n) is 6.60. The number of thioether (sulfide) groups is 1. The number of amides is 1. The molecule has 0 aliphatic rings. The van der Waals surface area contributed by atoms with Gasteiger partial charge in [0.25, 0.3) is 5.56 Å². The lowest BCUT2D eigenvalue weighted by Gasteiger charge is -2.10. The van der Waals surface area contributed by atoms with Crippen LogP contribution in [0.1, 0.15) is 23.6 Å². The zero-order chi connectivity index (χ0) is 20.1. The van der Waals surface area contributed by atoms with Crippen LogP contribution in [-0.4, -0.2) is 21.2 Å². The van der Waals surface area contributed by atoms with Crippen LogP contribution in [-0.2, 0) is 11.2 Å². The van der Waals surface area contributed by atoms with Gasteiger partial charge in [-0.05, 0) is 55.2 Å². The average Bonchev–Trinajstić information content (AvgIpc) is 2.67. The number of aryl methyl sites for hydroxylation is 3. The molecule has 28 heavy (non-hydrogen) atoms. The first-order valence-electron chi connectivity index (χ1n) is 9.15. The summed E-state index contributed by atoms with van der Waals surface area (Å²) in [5.74, 6) is -0.0363. The minimum Gasteiger partial charge on any atom is -0.325 e. The zero-order valence-electron chi connectivity index (χ0n) is 16.2. The number of benzene rings is 2. The Morgan fingerprint density at radius 1 is 1.14 bits per heavy atom. The number of carbonyl (C=O) groups excluding carboxylic acids is 1. The van der Waals surface area contributed by atoms with E-state index < -0.39 is 0 Å². The Balaban J connectivity index is 1.75. The zero-order valence-corrected chi connectivity index (χ0v) is 17.0. The average molecular weight is 394 g/mol. The van der Waals surface area contributed by atoms with Crippen molar-refractivity contribution in [3.05, 3.63) is 81.9 Å². The molecular formula is C22H23N3O2S. The van der Waals surface area contributed by atoms with Gasteiger partial charge in [0.2, 0.25) is 5.91 Å². The lowest BCUT2D eigenvalue weighted by Crippen LogP contribution is -2.22. The van der Waals surface area contributed by atoms with Crippen LogP contribution in [0.2, 0.25) is 0 Å². The van der Waals surface area contributed by atoms with Gasteiger partial charge >= 0.3 is 0 Å². The maximum Gasteiger partial charge on any atom is 0.287 e. The predicted molar refractivity (Wildman–Crippen MR) is 114 cm³/mol. The van der Waals surface area contributed by atoms with Gasteiger partial charge in [-0.2, -0.15) is 0 Å². The first-order valence-corrected chi connectivity index (χ1v) is 10.1. The van der Waals surface area contributed by atoms with Crippen molar-refractivity contribution in [2.24, 2.45) is 0 Å². The summed E-state index contributed by atoms with van der Waals surface area (Å²) in [4.78, 5) is 29.3. The van der Waals surface area contributed by atoms with Crippen molar-refractivity contribution in [1.82, 2.24) is 9.55 Å². The van der Waals surface area contributed by atoms with E-state index >= 15 is 0 Å². The number of aromatic nitrogens is 2. The predicted octanol–water partition coefficient (Wildman–Crippen LogP) is 4.14. The highest BCUT2D eigenvalue weighted by Crippen LogP contribution is 2.18. The third-order valence-electron chi connectivity index (χ3n) is 4.31. The molecule has 0 spiro atoms. The number of nitrogens with one attached hydrogen (secondary N) is 1. The topological polar surface area (TPSA) is 64.0 Å². The molecule has 0 radical (unpaired) electrons. The molecule has 0 unspecified atom stereocenters. The first kappa shape index (κ1) is 19.9. The highest BCUT2D eigenvalue weighted by atomic mass is 32.2. The summed E-state index contributed by atoms with van der Waals surface area (Å²) >= 11 is 1.15. The van der Waals surface area contributed by atoms with Crippen molar-refractivity contribution in [3.8, 4) is 5.69 Å². The van der Waals surface area contributed by atoms with Crippen LogP contribution in [0.5, 0.6) is 0 Å². The van der Waals surface area contributed by atoms with E-state index in [-0.39, 0.29) is 17.2 Å². The maximum atomic E-state index is 12.8. The molecule has 5 nitrogen and oxygen atoms in total. The summed E-state index contributed by atoms with van der Waals surface area (Å²) in [5, 5.41) is 3.22. The van der Waals surface area contributed by atoms with Gasteiger partial charge < -0.3 is 5.32 Å². The molecule has 1 amide bonds. The van der Waals surface area contributed by atoms with E-state index in [9.17, 15) is 9.59 Å². The summed E-state index contributed by atoms with van der Waals surface area (Å²) in [6, 6.07) is 13.7. The van der Waals surface area contributed by atoms with Crippen molar-refractivity contribution in [1.29, 1.82) is 0 Å². The quantitative estimate of drug-likeness (QED) is 0.639. The fraction of sp³-hybridized carbons (Fsp3) is 0.227. The second-order valence-corrected chi connectivity index (χ2v) is 7.57. The van der Waals surface area contributed by atoms with E-state index in [0.717, 1.165) is 46.2 Å². The van der Waals surface area contributed by atoms with Crippen molar-refractivity contribution in [2.75, 3.05) is 11.1 Å². The van der Waals surface area contributed by atoms with Crippen LogP contribution in [0, 0.1) is 13.8 Å². The van der Waals surface area contributed by atoms with E-state index in [0.29, 0.717) is 5.03 Å². The van der Waals surface area contributed by atoms with Gasteiger partial charge in [0, 0.05) is 23.8 Å². The first-order chi connectivity index (χ1) is 13.5. The standard InChI is InChI=1S/C22H23N3O2S/c1-4-17-7-5-6-8-19(17)24-20(26)14-28-21-22(27)25(10-9-23-21)18-12-15(2)11-16(3)13-18/h5-13H,4,14H2,1-3H3,(H,24,26). The van der Waals surface area contributed by atoms with Crippen molar-refractivity contribution in [2.45, 2.75) is 32.2 Å². The Hall–Kier alpha value is -2.86. The number of para-hydroxylation sites is 1. The van der Waals surface area contributed by atoms with Crippen LogP contribution in [0.3, 0.4) is 0 Å². The monoisotopic (exact) mass is 393 g/mol. The maximum absolute atomic E-state index is 12.8. The minimum absolute atomic E-state index is 0.122. The normalized spacial score (nSPS) is 10.7. The molecule has 6 heteroatoms. The molecule has 0 bridgehead atoms. The number of carbonyl (C=O) groups is 1. The van der Waals surface area contributed by atoms with Crippen molar-refractivity contribution in [3.63, 3.8) is 0 Å². The van der Waals surface area contributed by atoms with Crippen LogP contribution in [0.25, 0.3) is 5.69 Å². The Morgan fingerprint density at radius 2 is 1.86 bits per heavy atom. The van der Waals surface area contributed by atoms with Gasteiger partial charge in [0.1, 0.15) is 0 Å². The van der Waals surface area contributed by atoms with E-state index in [4.69, 9.17) is 0 Å². The van der Waals surface area contributed by atoms with Crippen LogP contribution >= 0.6 is 11.8 Å². The third kappa shape index (κ3) is 4.70. The number of rotatable bonds is 6. The molecule has 0 aliphatic heterocycles. The SMILES string of the molecule is CCc1ccccc1NC(=O)CSc1nccn(-c2cc(C)cc(C)c2)c1=O. The fourth-order valence-corrected chi connectivity index (χ4v) is 3.75. The van der Waals surface area contributed by atoms with Gasteiger partial charge in [-0.15, -0.1) is 0 Å².